The van der Waals surface area contributed by atoms with E-state index in [2.05, 4.69) is 11.8 Å². The van der Waals surface area contributed by atoms with Crippen LogP contribution in [0.1, 0.15) is 34.1 Å². The smallest absolute Gasteiger partial charge is 0.139 e. The normalized spacial score (nSPS) is 24.1. The van der Waals surface area contributed by atoms with E-state index in [1.54, 1.807) is 0 Å². The van der Waals surface area contributed by atoms with Gasteiger partial charge in [-0.1, -0.05) is 20.8 Å². The van der Waals surface area contributed by atoms with Gasteiger partial charge in [-0.15, -0.1) is 0 Å². The van der Waals surface area contributed by atoms with Gasteiger partial charge in [-0.25, -0.2) is 0 Å². The highest BCUT2D eigenvalue weighted by atomic mass is 32.2. The lowest BCUT2D eigenvalue weighted by atomic mass is 9.89. The summed E-state index contributed by atoms with van der Waals surface area (Å²) in [6.07, 6.45) is 0.707. The van der Waals surface area contributed by atoms with Crippen LogP contribution in [0, 0.1) is 5.41 Å². The molecular formula is C12H23NOS. The molecule has 1 rings (SSSR count). The van der Waals surface area contributed by atoms with Crippen molar-refractivity contribution in [2.24, 2.45) is 5.41 Å². The first-order chi connectivity index (χ1) is 6.91. The number of ketones is 1. The molecule has 0 spiro atoms. The lowest BCUT2D eigenvalue weighted by Gasteiger charge is -2.33. The molecule has 0 N–H and O–H groups in total. The summed E-state index contributed by atoms with van der Waals surface area (Å²) < 4.78 is 0. The Morgan fingerprint density at radius 1 is 1.47 bits per heavy atom. The lowest BCUT2D eigenvalue weighted by Crippen LogP contribution is -2.42. The van der Waals surface area contributed by atoms with Crippen molar-refractivity contribution in [1.29, 1.82) is 0 Å². The summed E-state index contributed by atoms with van der Waals surface area (Å²) in [5.41, 5.74) is -0.173. The van der Waals surface area contributed by atoms with Crippen LogP contribution in [0.5, 0.6) is 0 Å². The van der Waals surface area contributed by atoms with Crippen molar-refractivity contribution in [3.8, 4) is 0 Å². The molecule has 1 heterocycles. The summed E-state index contributed by atoms with van der Waals surface area (Å²) in [6.45, 7) is 10.4. The van der Waals surface area contributed by atoms with E-state index >= 15 is 0 Å². The molecule has 1 unspecified atom stereocenters. The topological polar surface area (TPSA) is 20.3 Å². The van der Waals surface area contributed by atoms with Gasteiger partial charge in [-0.2, -0.15) is 11.8 Å². The van der Waals surface area contributed by atoms with Crippen molar-refractivity contribution in [3.63, 3.8) is 0 Å². The highest BCUT2D eigenvalue weighted by Gasteiger charge is 2.24. The quantitative estimate of drug-likeness (QED) is 0.741. The fourth-order valence-electron chi connectivity index (χ4n) is 1.71. The molecular weight excluding hydrogens is 206 g/mol. The van der Waals surface area contributed by atoms with E-state index in [-0.39, 0.29) is 5.41 Å². The number of rotatable bonds is 3. The summed E-state index contributed by atoms with van der Waals surface area (Å²) in [6, 6.07) is 0.636. The average Bonchev–Trinajstić information content (AvgIpc) is 2.14. The molecule has 0 bridgehead atoms. The number of carbonyl (C=O) groups is 1. The van der Waals surface area contributed by atoms with Gasteiger partial charge in [0.15, 0.2) is 0 Å². The van der Waals surface area contributed by atoms with E-state index in [1.807, 2.05) is 32.5 Å². The summed E-state index contributed by atoms with van der Waals surface area (Å²) >= 11 is 2.02. The van der Waals surface area contributed by atoms with Gasteiger partial charge in [0, 0.05) is 42.5 Å². The van der Waals surface area contributed by atoms with E-state index in [1.165, 1.54) is 11.5 Å². The zero-order chi connectivity index (χ0) is 11.5. The van der Waals surface area contributed by atoms with Crippen LogP contribution in [0.2, 0.25) is 0 Å². The summed E-state index contributed by atoms with van der Waals surface area (Å²) in [7, 11) is 0. The molecule has 1 aliphatic rings. The minimum absolute atomic E-state index is 0.173. The molecule has 88 valence electrons. The van der Waals surface area contributed by atoms with Crippen LogP contribution in [0.4, 0.5) is 0 Å². The van der Waals surface area contributed by atoms with Crippen LogP contribution in [0.25, 0.3) is 0 Å². The monoisotopic (exact) mass is 229 g/mol. The Balaban J connectivity index is 2.33. The van der Waals surface area contributed by atoms with Gasteiger partial charge < -0.3 is 0 Å². The van der Waals surface area contributed by atoms with Gasteiger partial charge in [-0.05, 0) is 6.92 Å². The van der Waals surface area contributed by atoms with Crippen molar-refractivity contribution >= 4 is 17.5 Å². The molecule has 15 heavy (non-hydrogen) atoms. The zero-order valence-corrected chi connectivity index (χ0v) is 11.2. The predicted octanol–water partition coefficient (Wildman–Crippen LogP) is 2.43. The van der Waals surface area contributed by atoms with E-state index in [0.717, 1.165) is 13.1 Å². The highest BCUT2D eigenvalue weighted by Crippen LogP contribution is 2.19. The van der Waals surface area contributed by atoms with Crippen LogP contribution in [-0.4, -0.2) is 41.3 Å². The van der Waals surface area contributed by atoms with Crippen molar-refractivity contribution in [3.05, 3.63) is 0 Å². The third-order valence-corrected chi connectivity index (χ3v) is 4.16. The van der Waals surface area contributed by atoms with Crippen molar-refractivity contribution in [1.82, 2.24) is 4.90 Å². The Morgan fingerprint density at radius 2 is 2.13 bits per heavy atom. The van der Waals surface area contributed by atoms with Crippen LogP contribution in [0.15, 0.2) is 0 Å². The largest absolute Gasteiger partial charge is 0.299 e. The molecule has 0 saturated carbocycles. The van der Waals surface area contributed by atoms with Crippen molar-refractivity contribution in [2.75, 3.05) is 24.6 Å². The summed E-state index contributed by atoms with van der Waals surface area (Å²) in [4.78, 5) is 14.2. The number of carbonyl (C=O) groups excluding carboxylic acids is 1. The summed E-state index contributed by atoms with van der Waals surface area (Å²) in [5.74, 6) is 2.81. The molecule has 3 heteroatoms. The first kappa shape index (κ1) is 13.0. The molecule has 0 aromatic rings. The molecule has 0 amide bonds. The minimum atomic E-state index is -0.173. The molecule has 0 aromatic carbocycles. The fourth-order valence-corrected chi connectivity index (χ4v) is 2.80. The maximum Gasteiger partial charge on any atom is 0.139 e. The standard InChI is InChI=1S/C12H23NOS/c1-10-9-15-8-7-13(10)6-5-11(14)12(2,3)4/h10H,5-9H2,1-4H3. The van der Waals surface area contributed by atoms with Gasteiger partial charge in [0.25, 0.3) is 0 Å². The summed E-state index contributed by atoms with van der Waals surface area (Å²) in [5, 5.41) is 0. The van der Waals surface area contributed by atoms with Gasteiger partial charge in [-0.3, -0.25) is 9.69 Å². The molecule has 0 radical (unpaired) electrons. The van der Waals surface area contributed by atoms with Crippen LogP contribution in [-0.2, 0) is 4.79 Å². The molecule has 0 aliphatic carbocycles. The third-order valence-electron chi connectivity index (χ3n) is 2.97. The van der Waals surface area contributed by atoms with Gasteiger partial charge in [0.1, 0.15) is 5.78 Å². The first-order valence-corrected chi connectivity index (χ1v) is 6.92. The fraction of sp³-hybridized carbons (Fsp3) is 0.917. The van der Waals surface area contributed by atoms with Crippen LogP contribution in [0.3, 0.4) is 0 Å². The maximum absolute atomic E-state index is 11.8. The van der Waals surface area contributed by atoms with E-state index < -0.39 is 0 Å². The van der Waals surface area contributed by atoms with Crippen molar-refractivity contribution < 1.29 is 4.79 Å². The Kier molecular flexibility index (Phi) is 4.65. The molecule has 1 fully saturated rings. The number of hydrogen-bond acceptors (Lipinski definition) is 3. The second-order valence-electron chi connectivity index (χ2n) is 5.38. The Hall–Kier alpha value is -0.0200. The molecule has 2 nitrogen and oxygen atoms in total. The van der Waals surface area contributed by atoms with Gasteiger partial charge in [0.2, 0.25) is 0 Å². The zero-order valence-electron chi connectivity index (χ0n) is 10.4. The Bertz CT molecular complexity index is 222. The van der Waals surface area contributed by atoms with E-state index in [9.17, 15) is 4.79 Å². The Labute approximate surface area is 97.8 Å². The van der Waals surface area contributed by atoms with Crippen LogP contribution >= 0.6 is 11.8 Å². The van der Waals surface area contributed by atoms with E-state index in [0.29, 0.717) is 18.2 Å². The number of thioether (sulfide) groups is 1. The van der Waals surface area contributed by atoms with Crippen LogP contribution < -0.4 is 0 Å². The third kappa shape index (κ3) is 4.15. The van der Waals surface area contributed by atoms with E-state index in [4.69, 9.17) is 0 Å². The average molecular weight is 229 g/mol. The second-order valence-corrected chi connectivity index (χ2v) is 6.53. The number of nitrogens with zero attached hydrogens (tertiary/aromatic N) is 1. The molecule has 1 atom stereocenters. The molecule has 0 aromatic heterocycles. The first-order valence-electron chi connectivity index (χ1n) is 5.76. The Morgan fingerprint density at radius 3 is 2.67 bits per heavy atom. The maximum atomic E-state index is 11.8. The minimum Gasteiger partial charge on any atom is -0.299 e. The van der Waals surface area contributed by atoms with Crippen molar-refractivity contribution in [2.45, 2.75) is 40.2 Å². The molecule has 1 aliphatic heterocycles. The second kappa shape index (κ2) is 5.35. The number of Topliss-reactive ketones (excluding diaryl/α,β-unsaturated/α-hetero) is 1. The number of hydrogen-bond donors (Lipinski definition) is 0. The highest BCUT2D eigenvalue weighted by molar-refractivity contribution is 7.99. The lowest BCUT2D eigenvalue weighted by molar-refractivity contribution is -0.126. The van der Waals surface area contributed by atoms with Gasteiger partial charge >= 0.3 is 0 Å². The molecule has 1 saturated heterocycles. The van der Waals surface area contributed by atoms with Gasteiger partial charge in [0.05, 0.1) is 0 Å². The SMILES string of the molecule is CC1CSCCN1CCC(=O)C(C)(C)C. The predicted molar refractivity (Wildman–Crippen MR) is 67.4 cm³/mol.